The Morgan fingerprint density at radius 2 is 1.45 bits per heavy atom. The van der Waals surface area contributed by atoms with Gasteiger partial charge in [0.05, 0.1) is 11.1 Å². The van der Waals surface area contributed by atoms with Crippen LogP contribution in [0.3, 0.4) is 0 Å². The Kier molecular flexibility index (Phi) is 5.49. The third-order valence-corrected chi connectivity index (χ3v) is 5.68. The lowest BCUT2D eigenvalue weighted by Crippen LogP contribution is -2.31. The molecule has 0 spiro atoms. The zero-order chi connectivity index (χ0) is 20.4. The highest BCUT2D eigenvalue weighted by Crippen LogP contribution is 2.33. The molecule has 146 valence electrons. The zero-order valence-corrected chi connectivity index (χ0v) is 17.6. The number of benzene rings is 3. The molecule has 2 amide bonds. The molecule has 0 N–H and O–H groups in total. The van der Waals surface area contributed by atoms with Gasteiger partial charge in [-0.2, -0.15) is 0 Å². The normalized spacial score (nSPS) is 14.1. The first kappa shape index (κ1) is 19.4. The Morgan fingerprint density at radius 1 is 0.862 bits per heavy atom. The van der Waals surface area contributed by atoms with Crippen molar-refractivity contribution in [3.8, 4) is 11.5 Å². The van der Waals surface area contributed by atoms with Crippen LogP contribution in [0, 0.1) is 0 Å². The van der Waals surface area contributed by atoms with Gasteiger partial charge in [-0.1, -0.05) is 53.2 Å². The molecule has 5 heteroatoms. The topological polar surface area (TPSA) is 46.6 Å². The van der Waals surface area contributed by atoms with Crippen LogP contribution in [0.15, 0.2) is 77.3 Å². The average molecular weight is 450 g/mol. The molecule has 1 aliphatic rings. The van der Waals surface area contributed by atoms with Crippen molar-refractivity contribution in [1.82, 2.24) is 4.90 Å². The fourth-order valence-electron chi connectivity index (χ4n) is 3.53. The van der Waals surface area contributed by atoms with Gasteiger partial charge in [-0.3, -0.25) is 14.5 Å². The summed E-state index contributed by atoms with van der Waals surface area (Å²) in [7, 11) is 0. The summed E-state index contributed by atoms with van der Waals surface area (Å²) in [6.45, 7) is 2.46. The van der Waals surface area contributed by atoms with Crippen molar-refractivity contribution in [2.75, 3.05) is 6.54 Å². The number of ether oxygens (including phenoxy) is 1. The van der Waals surface area contributed by atoms with Crippen LogP contribution in [0.1, 0.15) is 45.5 Å². The first-order chi connectivity index (χ1) is 14.0. The number of carbonyl (C=O) groups is 2. The fourth-order valence-corrected chi connectivity index (χ4v) is 3.80. The lowest BCUT2D eigenvalue weighted by atomic mass is 9.96. The number of amides is 2. The summed E-state index contributed by atoms with van der Waals surface area (Å²) < 4.78 is 7.08. The second kappa shape index (κ2) is 8.21. The number of hydrogen-bond donors (Lipinski definition) is 0. The number of halogens is 1. The number of para-hydroxylation sites is 1. The van der Waals surface area contributed by atoms with Crippen molar-refractivity contribution in [2.45, 2.75) is 19.3 Å². The first-order valence-corrected chi connectivity index (χ1v) is 10.3. The monoisotopic (exact) mass is 449 g/mol. The van der Waals surface area contributed by atoms with Gasteiger partial charge in [0.1, 0.15) is 11.5 Å². The Bertz CT molecular complexity index is 1030. The largest absolute Gasteiger partial charge is 0.457 e. The third-order valence-electron chi connectivity index (χ3n) is 5.16. The molecule has 0 fully saturated rings. The summed E-state index contributed by atoms with van der Waals surface area (Å²) in [6.07, 6.45) is 0.659. The summed E-state index contributed by atoms with van der Waals surface area (Å²) in [5, 5.41) is 0. The smallest absolute Gasteiger partial charge is 0.261 e. The van der Waals surface area contributed by atoms with Crippen molar-refractivity contribution in [2.24, 2.45) is 0 Å². The zero-order valence-electron chi connectivity index (χ0n) is 16.0. The Labute approximate surface area is 178 Å². The van der Waals surface area contributed by atoms with E-state index in [1.54, 1.807) is 24.3 Å². The predicted octanol–water partition coefficient (Wildman–Crippen LogP) is 6.03. The highest BCUT2D eigenvalue weighted by atomic mass is 79.9. The molecule has 4 rings (SSSR count). The van der Waals surface area contributed by atoms with E-state index in [0.717, 1.165) is 21.5 Å². The second-order valence-corrected chi connectivity index (χ2v) is 8.01. The van der Waals surface area contributed by atoms with E-state index in [1.807, 2.05) is 48.5 Å². The van der Waals surface area contributed by atoms with Gasteiger partial charge in [0.15, 0.2) is 0 Å². The van der Waals surface area contributed by atoms with Crippen LogP contribution < -0.4 is 4.74 Å². The molecule has 1 atom stereocenters. The molecule has 0 bridgehead atoms. The average Bonchev–Trinajstić information content (AvgIpc) is 2.99. The second-order valence-electron chi connectivity index (χ2n) is 7.09. The minimum absolute atomic E-state index is 0.117. The molecule has 0 saturated carbocycles. The number of rotatable bonds is 6. The van der Waals surface area contributed by atoms with Crippen LogP contribution in [0.5, 0.6) is 11.5 Å². The molecule has 0 saturated heterocycles. The molecule has 4 nitrogen and oxygen atoms in total. The molecule has 3 aromatic carbocycles. The quantitative estimate of drug-likeness (QED) is 0.431. The van der Waals surface area contributed by atoms with E-state index in [4.69, 9.17) is 4.74 Å². The van der Waals surface area contributed by atoms with Gasteiger partial charge in [-0.15, -0.1) is 0 Å². The summed E-state index contributed by atoms with van der Waals surface area (Å²) in [4.78, 5) is 26.5. The lowest BCUT2D eigenvalue weighted by molar-refractivity contribution is 0.0650. The number of hydrogen-bond acceptors (Lipinski definition) is 3. The van der Waals surface area contributed by atoms with Gasteiger partial charge in [0.2, 0.25) is 0 Å². The van der Waals surface area contributed by atoms with Crippen molar-refractivity contribution in [3.63, 3.8) is 0 Å². The Morgan fingerprint density at radius 3 is 2.10 bits per heavy atom. The number of fused-ring (bicyclic) bond motifs is 1. The summed E-state index contributed by atoms with van der Waals surface area (Å²) >= 11 is 3.43. The van der Waals surface area contributed by atoms with Crippen LogP contribution in [0.4, 0.5) is 0 Å². The third kappa shape index (κ3) is 3.96. The van der Waals surface area contributed by atoms with Gasteiger partial charge >= 0.3 is 0 Å². The van der Waals surface area contributed by atoms with E-state index in [0.29, 0.717) is 24.1 Å². The fraction of sp³-hybridized carbons (Fsp3) is 0.167. The summed E-state index contributed by atoms with van der Waals surface area (Å²) in [5.74, 6) is 1.23. The Hall–Kier alpha value is -2.92. The predicted molar refractivity (Wildman–Crippen MR) is 115 cm³/mol. The molecule has 3 aromatic rings. The van der Waals surface area contributed by atoms with E-state index in [-0.39, 0.29) is 17.7 Å². The summed E-state index contributed by atoms with van der Waals surface area (Å²) in [6, 6.07) is 22.5. The molecule has 0 aromatic heterocycles. The van der Waals surface area contributed by atoms with E-state index >= 15 is 0 Å². The van der Waals surface area contributed by atoms with Gasteiger partial charge in [0, 0.05) is 11.0 Å². The first-order valence-electron chi connectivity index (χ1n) is 9.52. The van der Waals surface area contributed by atoms with Crippen LogP contribution in [0.25, 0.3) is 0 Å². The number of imide groups is 1. The molecular formula is C24H20BrNO3. The minimum atomic E-state index is -0.211. The molecule has 1 unspecified atom stereocenters. The highest BCUT2D eigenvalue weighted by Gasteiger charge is 2.34. The van der Waals surface area contributed by atoms with Gasteiger partial charge in [-0.25, -0.2) is 0 Å². The molecule has 0 aliphatic carbocycles. The van der Waals surface area contributed by atoms with E-state index in [1.165, 1.54) is 4.90 Å². The van der Waals surface area contributed by atoms with Crippen molar-refractivity contribution < 1.29 is 14.3 Å². The summed E-state index contributed by atoms with van der Waals surface area (Å²) in [5.41, 5.74) is 2.03. The van der Waals surface area contributed by atoms with Crippen molar-refractivity contribution >= 4 is 27.7 Å². The van der Waals surface area contributed by atoms with Crippen LogP contribution in [-0.2, 0) is 0 Å². The van der Waals surface area contributed by atoms with Crippen LogP contribution in [-0.4, -0.2) is 23.3 Å². The maximum Gasteiger partial charge on any atom is 0.261 e. The van der Waals surface area contributed by atoms with E-state index in [9.17, 15) is 9.59 Å². The molecule has 1 heterocycles. The standard InChI is InChI=1S/C24H20BrNO3/c1-16(14-15-26-23(27)20-7-2-3-8-21(20)24(26)28)19-6-4-5-9-22(19)29-18-12-10-17(25)11-13-18/h2-13,16H,14-15H2,1H3. The molecule has 1 aliphatic heterocycles. The number of nitrogens with zero attached hydrogens (tertiary/aromatic N) is 1. The maximum atomic E-state index is 12.6. The van der Waals surface area contributed by atoms with Crippen molar-refractivity contribution in [3.05, 3.63) is 94.0 Å². The Balaban J connectivity index is 1.47. The van der Waals surface area contributed by atoms with Gasteiger partial charge in [-0.05, 0) is 60.4 Å². The molecule has 29 heavy (non-hydrogen) atoms. The van der Waals surface area contributed by atoms with Crippen LogP contribution in [0.2, 0.25) is 0 Å². The molecular weight excluding hydrogens is 430 g/mol. The van der Waals surface area contributed by atoms with E-state index in [2.05, 4.69) is 22.9 Å². The highest BCUT2D eigenvalue weighted by molar-refractivity contribution is 9.10. The molecule has 0 radical (unpaired) electrons. The van der Waals surface area contributed by atoms with Gasteiger partial charge in [0.25, 0.3) is 11.8 Å². The number of carbonyl (C=O) groups excluding carboxylic acids is 2. The van der Waals surface area contributed by atoms with E-state index < -0.39 is 0 Å². The van der Waals surface area contributed by atoms with Crippen molar-refractivity contribution in [1.29, 1.82) is 0 Å². The maximum absolute atomic E-state index is 12.6. The SMILES string of the molecule is CC(CCN1C(=O)c2ccccc2C1=O)c1ccccc1Oc1ccc(Br)cc1. The minimum Gasteiger partial charge on any atom is -0.457 e. The van der Waals surface area contributed by atoms with Crippen LogP contribution >= 0.6 is 15.9 Å². The lowest BCUT2D eigenvalue weighted by Gasteiger charge is -2.20. The van der Waals surface area contributed by atoms with Gasteiger partial charge < -0.3 is 4.74 Å².